The largest absolute Gasteiger partial charge is 0.333 e. The zero-order valence-electron chi connectivity index (χ0n) is 14.1. The molecular formula is C20H14ClN3O2S. The predicted molar refractivity (Wildman–Crippen MR) is 108 cm³/mol. The second-order valence-electron chi connectivity index (χ2n) is 5.75. The first kappa shape index (κ1) is 17.6. The Labute approximate surface area is 164 Å². The fraction of sp³-hybridized carbons (Fsp3) is 0.0500. The Bertz CT molecular complexity index is 1090. The number of benzene rings is 3. The summed E-state index contributed by atoms with van der Waals surface area (Å²) >= 11 is 7.09. The maximum absolute atomic E-state index is 12.3. The van der Waals surface area contributed by atoms with Crippen LogP contribution in [0.4, 0.5) is 5.69 Å². The van der Waals surface area contributed by atoms with Crippen molar-refractivity contribution in [3.8, 4) is 11.5 Å². The number of amides is 1. The highest BCUT2D eigenvalue weighted by Crippen LogP contribution is 2.25. The molecule has 4 aromatic rings. The Morgan fingerprint density at radius 3 is 2.67 bits per heavy atom. The van der Waals surface area contributed by atoms with Crippen molar-refractivity contribution in [3.05, 3.63) is 71.8 Å². The van der Waals surface area contributed by atoms with E-state index in [4.69, 9.17) is 16.1 Å². The minimum absolute atomic E-state index is 0.130. The molecule has 1 amide bonds. The summed E-state index contributed by atoms with van der Waals surface area (Å²) in [7, 11) is 0. The van der Waals surface area contributed by atoms with Crippen molar-refractivity contribution < 1.29 is 9.32 Å². The molecule has 0 saturated carbocycles. The highest BCUT2D eigenvalue weighted by Gasteiger charge is 2.12. The molecule has 0 spiro atoms. The third-order valence-corrected chi connectivity index (χ3v) is 4.98. The molecule has 1 heterocycles. The molecule has 134 valence electrons. The molecule has 0 fully saturated rings. The van der Waals surface area contributed by atoms with E-state index in [9.17, 15) is 4.79 Å². The van der Waals surface area contributed by atoms with Crippen molar-refractivity contribution in [2.24, 2.45) is 0 Å². The second kappa shape index (κ2) is 7.82. The highest BCUT2D eigenvalue weighted by atomic mass is 35.5. The van der Waals surface area contributed by atoms with Gasteiger partial charge >= 0.3 is 0 Å². The molecule has 0 unspecified atom stereocenters. The lowest BCUT2D eigenvalue weighted by Crippen LogP contribution is -2.14. The van der Waals surface area contributed by atoms with E-state index in [0.717, 1.165) is 22.0 Å². The summed E-state index contributed by atoms with van der Waals surface area (Å²) in [4.78, 5) is 16.6. The van der Waals surface area contributed by atoms with Crippen molar-refractivity contribution in [1.29, 1.82) is 0 Å². The summed E-state index contributed by atoms with van der Waals surface area (Å²) in [5.74, 6) is 0.445. The molecule has 27 heavy (non-hydrogen) atoms. The number of carbonyl (C=O) groups excluding carboxylic acids is 1. The standard InChI is InChI=1S/C20H14ClN3O2S/c21-15-10-8-14(9-11-15)19-23-20(24-26-19)27-12-18(25)22-17-7-3-5-13-4-1-2-6-16(13)17/h1-11H,12H2,(H,22,25). The van der Waals surface area contributed by atoms with E-state index < -0.39 is 0 Å². The molecule has 0 aliphatic heterocycles. The predicted octanol–water partition coefficient (Wildman–Crippen LogP) is 5.27. The van der Waals surface area contributed by atoms with Gasteiger partial charge in [-0.1, -0.05) is 59.8 Å². The van der Waals surface area contributed by atoms with E-state index in [1.165, 1.54) is 11.8 Å². The molecule has 0 aliphatic carbocycles. The molecule has 3 aromatic carbocycles. The minimum atomic E-state index is -0.130. The number of rotatable bonds is 5. The maximum Gasteiger partial charge on any atom is 0.258 e. The van der Waals surface area contributed by atoms with Gasteiger partial charge in [-0.2, -0.15) is 4.98 Å². The van der Waals surface area contributed by atoms with E-state index in [1.807, 2.05) is 42.5 Å². The molecule has 0 radical (unpaired) electrons. The first-order chi connectivity index (χ1) is 13.2. The van der Waals surface area contributed by atoms with Crippen LogP contribution in [0.15, 0.2) is 76.4 Å². The quantitative estimate of drug-likeness (QED) is 0.466. The number of hydrogen-bond donors (Lipinski definition) is 1. The number of halogens is 1. The van der Waals surface area contributed by atoms with Crippen LogP contribution in [-0.2, 0) is 4.79 Å². The lowest BCUT2D eigenvalue weighted by Gasteiger charge is -2.07. The number of hydrogen-bond acceptors (Lipinski definition) is 5. The van der Waals surface area contributed by atoms with Gasteiger partial charge in [-0.3, -0.25) is 4.79 Å². The zero-order chi connectivity index (χ0) is 18.6. The zero-order valence-corrected chi connectivity index (χ0v) is 15.6. The van der Waals surface area contributed by atoms with Crippen molar-refractivity contribution >= 4 is 45.7 Å². The number of thioether (sulfide) groups is 1. The van der Waals surface area contributed by atoms with Crippen molar-refractivity contribution in [1.82, 2.24) is 10.1 Å². The summed E-state index contributed by atoms with van der Waals surface area (Å²) in [6.07, 6.45) is 0. The SMILES string of the molecule is O=C(CSc1noc(-c2ccc(Cl)cc2)n1)Nc1cccc2ccccc12. The van der Waals surface area contributed by atoms with Crippen molar-refractivity contribution in [2.45, 2.75) is 5.16 Å². The van der Waals surface area contributed by atoms with Crippen molar-refractivity contribution in [3.63, 3.8) is 0 Å². The van der Waals surface area contributed by atoms with Crippen LogP contribution in [-0.4, -0.2) is 21.8 Å². The monoisotopic (exact) mass is 395 g/mol. The van der Waals surface area contributed by atoms with Crippen LogP contribution in [0.1, 0.15) is 0 Å². The second-order valence-corrected chi connectivity index (χ2v) is 7.13. The topological polar surface area (TPSA) is 68.0 Å². The van der Waals surface area contributed by atoms with Crippen molar-refractivity contribution in [2.75, 3.05) is 11.1 Å². The molecule has 0 atom stereocenters. The lowest BCUT2D eigenvalue weighted by atomic mass is 10.1. The van der Waals surface area contributed by atoms with Crippen LogP contribution in [0.3, 0.4) is 0 Å². The fourth-order valence-electron chi connectivity index (χ4n) is 2.63. The van der Waals surface area contributed by atoms with Gasteiger partial charge < -0.3 is 9.84 Å². The summed E-state index contributed by atoms with van der Waals surface area (Å²) in [6, 6.07) is 20.8. The number of anilines is 1. The van der Waals surface area contributed by atoms with Gasteiger partial charge in [0.1, 0.15) is 0 Å². The molecule has 0 bridgehead atoms. The molecule has 1 aromatic heterocycles. The number of fused-ring (bicyclic) bond motifs is 1. The third-order valence-electron chi connectivity index (χ3n) is 3.89. The number of carbonyl (C=O) groups is 1. The van der Waals surface area contributed by atoms with E-state index in [1.54, 1.807) is 24.3 Å². The molecule has 5 nitrogen and oxygen atoms in total. The van der Waals surface area contributed by atoms with Crippen LogP contribution >= 0.6 is 23.4 Å². The Hall–Kier alpha value is -2.83. The molecule has 4 rings (SSSR count). The summed E-state index contributed by atoms with van der Waals surface area (Å²) < 4.78 is 5.24. The average Bonchev–Trinajstić information content (AvgIpc) is 3.16. The average molecular weight is 396 g/mol. The van der Waals surface area contributed by atoms with Gasteiger partial charge in [-0.05, 0) is 40.9 Å². The van der Waals surface area contributed by atoms with Crippen LogP contribution in [0.25, 0.3) is 22.2 Å². The van der Waals surface area contributed by atoms with Gasteiger partial charge in [-0.25, -0.2) is 0 Å². The molecule has 0 saturated heterocycles. The smallest absolute Gasteiger partial charge is 0.258 e. The highest BCUT2D eigenvalue weighted by molar-refractivity contribution is 7.99. The Morgan fingerprint density at radius 1 is 1.04 bits per heavy atom. The molecule has 0 aliphatic rings. The normalized spacial score (nSPS) is 10.9. The Balaban J connectivity index is 1.40. The minimum Gasteiger partial charge on any atom is -0.333 e. The fourth-order valence-corrected chi connectivity index (χ4v) is 3.32. The van der Waals surface area contributed by atoms with E-state index in [-0.39, 0.29) is 11.7 Å². The molecular weight excluding hydrogens is 382 g/mol. The molecule has 7 heteroatoms. The van der Waals surface area contributed by atoms with E-state index in [2.05, 4.69) is 15.5 Å². The van der Waals surface area contributed by atoms with Gasteiger partial charge in [0.05, 0.1) is 5.75 Å². The Kier molecular flexibility index (Phi) is 5.09. The summed E-state index contributed by atoms with van der Waals surface area (Å²) in [5, 5.41) is 9.97. The van der Waals surface area contributed by atoms with Crippen LogP contribution in [0.2, 0.25) is 5.02 Å². The van der Waals surface area contributed by atoms with E-state index >= 15 is 0 Å². The van der Waals surface area contributed by atoms with Crippen LogP contribution in [0, 0.1) is 0 Å². The Morgan fingerprint density at radius 2 is 1.81 bits per heavy atom. The first-order valence-electron chi connectivity index (χ1n) is 8.19. The number of nitrogens with one attached hydrogen (secondary N) is 1. The van der Waals surface area contributed by atoms with E-state index in [0.29, 0.717) is 16.1 Å². The summed E-state index contributed by atoms with van der Waals surface area (Å²) in [6.45, 7) is 0. The van der Waals surface area contributed by atoms with Gasteiger partial charge in [0.2, 0.25) is 11.1 Å². The van der Waals surface area contributed by atoms with Gasteiger partial charge in [0.15, 0.2) is 0 Å². The van der Waals surface area contributed by atoms with Crippen LogP contribution in [0.5, 0.6) is 0 Å². The summed E-state index contributed by atoms with van der Waals surface area (Å²) in [5.41, 5.74) is 1.56. The van der Waals surface area contributed by atoms with Gasteiger partial charge in [0.25, 0.3) is 5.89 Å². The van der Waals surface area contributed by atoms with Gasteiger partial charge in [0, 0.05) is 21.7 Å². The molecule has 1 N–H and O–H groups in total. The maximum atomic E-state index is 12.3. The van der Waals surface area contributed by atoms with Crippen LogP contribution < -0.4 is 5.32 Å². The van der Waals surface area contributed by atoms with Gasteiger partial charge in [-0.15, -0.1) is 0 Å². The number of nitrogens with zero attached hydrogens (tertiary/aromatic N) is 2. The lowest BCUT2D eigenvalue weighted by molar-refractivity contribution is -0.113. The first-order valence-corrected chi connectivity index (χ1v) is 9.55. The number of aromatic nitrogens is 2. The third kappa shape index (κ3) is 4.13.